The molecule has 12 N–H and O–H groups in total. The molecule has 19 rings (SSSR count). The van der Waals surface area contributed by atoms with Crippen LogP contribution in [0.1, 0.15) is 70.3 Å². The first-order chi connectivity index (χ1) is 68.2. The third-order valence-corrected chi connectivity index (χ3v) is 30.3. The zero-order chi connectivity index (χ0) is 104. The van der Waals surface area contributed by atoms with Gasteiger partial charge in [0, 0.05) is 104 Å². The third-order valence-electron chi connectivity index (χ3n) is 22.5. The summed E-state index contributed by atoms with van der Waals surface area (Å²) < 4.78 is 236. The molecule has 4 aliphatic heterocycles. The number of anilines is 9. The standard InChI is InChI=1S/C26H25N5O6S2.C25H22N4O7S2.C22H18N4O7S2.C19H22N6O6S2/c1-30(2)18-10-7-16(8-11-18)14-19-21-6-4-5-13-31(21)26(33)23(24(19)32)25-27-20-12-9-17(28-38(3,34)35)15-22(20)39(36,37)29-25;1-36-17-9-6-15(7-10-17)13-18-20-5-3-4-12-29(20)25(31)22(23(18)30)24-26-19-11-8-16(27-37(2,32)33)14-21(19)38(34,35)28-24;1-34(29,30)24-14-5-6-16-18(11-14)35(31,32)25-21(23-16)19-20(27)15(10-13-7-9-33-12-13)17-4-2-3-8-26(17)22(19)28;1-11(2)6-7-24-19(27)16(17(26)14-9-20-10-25(14)24)18-21-13-5-4-12(22-32(3,28)29)8-15(13)33(30,31)23-18/h4-13,15,28,32H,14H2,1-3H3,(H,27,29);3-12,14,27,30H,13H2,1-2H3,(H,26,28);2-9,11-12,24,27H,10H2,1H3,(H,23,25);4-5,8-11,21-23H,6-7H2,1-3H3. The van der Waals surface area contributed by atoms with E-state index in [1.165, 1.54) is 115 Å². The molecule has 13 heterocycles. The lowest BCUT2D eigenvalue weighted by atomic mass is 10.00. The number of amidine groups is 3. The average molecular weight is 2130 g/mol. The smallest absolute Gasteiger partial charge is 0.286 e. The molecule has 4 aliphatic rings. The number of nitrogens with zero attached hydrogens (tertiary/aromatic N) is 10. The number of hydrogen-bond donors (Lipinski definition) is 12. The number of fused-ring (bicyclic) bond motifs is 8. The van der Waals surface area contributed by atoms with Gasteiger partial charge in [-0.15, -0.1) is 13.2 Å². The predicted octanol–water partition coefficient (Wildman–Crippen LogP) is 6.72. The molecule has 0 fully saturated rings. The molecule has 0 aliphatic carbocycles. The number of aromatic nitrogens is 6. The number of rotatable bonds is 22. The molecule has 0 amide bonds. The summed E-state index contributed by atoms with van der Waals surface area (Å²) in [7, 11) is -26.4. The highest BCUT2D eigenvalue weighted by atomic mass is 32.2. The summed E-state index contributed by atoms with van der Waals surface area (Å²) in [5.41, 5.74) is 2.28. The van der Waals surface area contributed by atoms with Crippen LogP contribution in [0.4, 0.5) is 51.2 Å². The number of aryl methyl sites for hydroxylation is 1. The number of hydrogen-bond acceptors (Lipinski definition) is 32. The first-order valence-electron chi connectivity index (χ1n) is 42.9. The minimum atomic E-state index is -4.37. The van der Waals surface area contributed by atoms with Crippen LogP contribution < -0.4 is 87.4 Å². The van der Waals surface area contributed by atoms with Crippen molar-refractivity contribution in [2.24, 2.45) is 19.1 Å². The Kier molecular flexibility index (Phi) is 27.3. The van der Waals surface area contributed by atoms with Crippen molar-refractivity contribution in [1.82, 2.24) is 32.1 Å². The number of sulfonamides is 8. The second kappa shape index (κ2) is 38.9. The summed E-state index contributed by atoms with van der Waals surface area (Å²) in [6.45, 7) is 4.29. The highest BCUT2D eigenvalue weighted by Crippen LogP contribution is 2.40. The number of imidazole rings is 1. The zero-order valence-corrected chi connectivity index (χ0v) is 84.0. The van der Waals surface area contributed by atoms with E-state index in [1.807, 2.05) is 69.2 Å². The Hall–Kier alpha value is -16.2. The van der Waals surface area contributed by atoms with Gasteiger partial charge in [-0.3, -0.25) is 60.8 Å². The van der Waals surface area contributed by atoms with Gasteiger partial charge in [-0.25, -0.2) is 56.3 Å². The first kappa shape index (κ1) is 102. The van der Waals surface area contributed by atoms with Crippen LogP contribution in [0.5, 0.6) is 23.0 Å². The average Bonchev–Trinajstić information content (AvgIpc) is 1.69. The van der Waals surface area contributed by atoms with Crippen LogP contribution in [-0.2, 0) is 106 Å². The van der Waals surface area contributed by atoms with Crippen molar-refractivity contribution in [1.29, 1.82) is 0 Å². The summed E-state index contributed by atoms with van der Waals surface area (Å²) in [5, 5.41) is 44.8. The molecule has 0 atom stereocenters. The van der Waals surface area contributed by atoms with Gasteiger partial charge in [0.05, 0.1) is 90.2 Å². The van der Waals surface area contributed by atoms with Crippen molar-refractivity contribution in [3.8, 4) is 23.0 Å². The van der Waals surface area contributed by atoms with Crippen molar-refractivity contribution in [2.75, 3.05) is 91.3 Å². The normalized spacial score (nSPS) is 15.0. The van der Waals surface area contributed by atoms with Gasteiger partial charge in [-0.2, -0.15) is 25.3 Å². The molecule has 754 valence electrons. The highest BCUT2D eigenvalue weighted by molar-refractivity contribution is 7.93. The second-order valence-corrected chi connectivity index (χ2v) is 47.3. The van der Waals surface area contributed by atoms with E-state index in [4.69, 9.17) is 9.15 Å². The van der Waals surface area contributed by atoms with E-state index >= 15 is 0 Å². The number of benzene rings is 6. The minimum absolute atomic E-state index is 0.0330. The molecule has 0 radical (unpaired) electrons. The van der Waals surface area contributed by atoms with Gasteiger partial charge in [0.15, 0.2) is 17.5 Å². The first-order valence-corrected chi connectivity index (χ1v) is 56.3. The van der Waals surface area contributed by atoms with Gasteiger partial charge < -0.3 is 50.6 Å². The molecule has 45 nitrogen and oxygen atoms in total. The van der Waals surface area contributed by atoms with Gasteiger partial charge in [-0.1, -0.05) is 56.3 Å². The predicted molar refractivity (Wildman–Crippen MR) is 546 cm³/mol. The van der Waals surface area contributed by atoms with E-state index in [0.29, 0.717) is 52.0 Å². The maximum atomic E-state index is 13.5. The molecular formula is C92H87N19O26S8. The van der Waals surface area contributed by atoms with Crippen molar-refractivity contribution in [2.45, 2.75) is 65.7 Å². The van der Waals surface area contributed by atoms with Crippen molar-refractivity contribution in [3.63, 3.8) is 0 Å². The Morgan fingerprint density at radius 3 is 1.17 bits per heavy atom. The van der Waals surface area contributed by atoms with E-state index in [0.717, 1.165) is 71.7 Å². The number of aromatic hydroxyl groups is 3. The summed E-state index contributed by atoms with van der Waals surface area (Å²) in [5.74, 6) is -1.57. The van der Waals surface area contributed by atoms with Gasteiger partial charge in [0.2, 0.25) is 45.5 Å². The van der Waals surface area contributed by atoms with Crippen LogP contribution in [0.2, 0.25) is 0 Å². The number of furan rings is 1. The van der Waals surface area contributed by atoms with Crippen LogP contribution in [0.3, 0.4) is 0 Å². The molecular weight excluding hydrogens is 2040 g/mol. The fraction of sp³-hybridized carbons (Fsp3) is 0.163. The minimum Gasteiger partial charge on any atom is -0.507 e. The molecule has 0 saturated heterocycles. The van der Waals surface area contributed by atoms with Crippen molar-refractivity contribution < 1.29 is 91.8 Å². The summed E-state index contributed by atoms with van der Waals surface area (Å²) in [6, 6.07) is 47.2. The second-order valence-electron chi connectivity index (χ2n) is 34.0. The monoisotopic (exact) mass is 2130 g/mol. The molecule has 6 aromatic carbocycles. The summed E-state index contributed by atoms with van der Waals surface area (Å²) in [4.78, 5) is 71.5. The largest absolute Gasteiger partial charge is 0.507 e. The fourth-order valence-electron chi connectivity index (χ4n) is 16.0. The zero-order valence-electron chi connectivity index (χ0n) is 77.4. The highest BCUT2D eigenvalue weighted by Gasteiger charge is 2.37. The Morgan fingerprint density at radius 2 is 0.814 bits per heavy atom. The Bertz CT molecular complexity index is 9430. The third kappa shape index (κ3) is 21.8. The molecule has 15 aromatic rings. The molecule has 0 saturated carbocycles. The Labute approximate surface area is 826 Å². The van der Waals surface area contributed by atoms with E-state index < -0.39 is 119 Å². The molecule has 9 aromatic heterocycles. The molecule has 0 spiro atoms. The number of methoxy groups -OCH3 is 1. The van der Waals surface area contributed by atoms with Gasteiger partial charge in [0.25, 0.3) is 62.3 Å². The van der Waals surface area contributed by atoms with E-state index in [2.05, 4.69) is 63.1 Å². The number of nitrogens with one attached hydrogen (secondary N) is 9. The van der Waals surface area contributed by atoms with Gasteiger partial charge >= 0.3 is 0 Å². The van der Waals surface area contributed by atoms with Crippen LogP contribution in [0, 0.1) is 5.92 Å². The quantitative estimate of drug-likeness (QED) is 0.0335. The number of ether oxygens (including phenoxy) is 1. The maximum Gasteiger partial charge on any atom is 0.286 e. The Morgan fingerprint density at radius 1 is 0.448 bits per heavy atom. The van der Waals surface area contributed by atoms with Gasteiger partial charge in [-0.05, 0) is 169 Å². The Balaban J connectivity index is 0.000000139. The van der Waals surface area contributed by atoms with Crippen LogP contribution in [0.15, 0.2) is 287 Å². The van der Waals surface area contributed by atoms with E-state index in [9.17, 15) is 107 Å². The van der Waals surface area contributed by atoms with Gasteiger partial charge in [0.1, 0.15) is 82.2 Å². The van der Waals surface area contributed by atoms with Crippen LogP contribution in [-0.4, -0.2) is 174 Å². The summed E-state index contributed by atoms with van der Waals surface area (Å²) in [6.07, 6.45) is 15.3. The number of pyridine rings is 6. The fourth-order valence-corrected chi connectivity index (χ4v) is 22.9. The molecule has 0 bridgehead atoms. The van der Waals surface area contributed by atoms with Crippen LogP contribution >= 0.6 is 0 Å². The van der Waals surface area contributed by atoms with Crippen LogP contribution in [0.25, 0.3) is 27.9 Å². The molecule has 53 heteroatoms. The van der Waals surface area contributed by atoms with E-state index in [-0.39, 0.29) is 147 Å². The van der Waals surface area contributed by atoms with E-state index in [1.54, 1.807) is 79.9 Å². The lowest BCUT2D eigenvalue weighted by Gasteiger charge is -2.23. The molecule has 145 heavy (non-hydrogen) atoms. The lowest BCUT2D eigenvalue weighted by Crippen LogP contribution is -2.52. The topological polar surface area (TPSA) is 626 Å². The SMILES string of the molecule is CC(C)CCn1c(=O)c(=C2Nc3ccc(NS(C)(=O)=O)cc3S(=O)(=O)N2)c(=O)c2cncn21.CN(C)c1ccc(Cc2c(O)c(C3=NS(=O)(=O)c4cc(NS(C)(=O)=O)ccc4N3)c(=O)n3ccccc23)cc1.COc1ccc(Cc2c(O)c(C3=NS(=O)(=O)c4cc(NS(C)(=O)=O)ccc4N3)c(=O)n3ccccc23)cc1.CS(=O)(=O)Nc1ccc2c(c1)S(=O)(=O)N=C(c1c(O)c(Cc3ccoc3)c3ccccn3c1=O)N2. The molecule has 0 unspecified atom stereocenters. The van der Waals surface area contributed by atoms with Crippen molar-refractivity contribution in [3.05, 3.63) is 333 Å². The lowest BCUT2D eigenvalue weighted by molar-refractivity contribution is 0.414. The van der Waals surface area contributed by atoms with Crippen molar-refractivity contribution >= 4 is 177 Å². The maximum absolute atomic E-state index is 13.5. The summed E-state index contributed by atoms with van der Waals surface area (Å²) >= 11 is 0.